The van der Waals surface area contributed by atoms with Crippen LogP contribution in [0.2, 0.25) is 0 Å². The van der Waals surface area contributed by atoms with Gasteiger partial charge in [-0.1, -0.05) is 0 Å². The van der Waals surface area contributed by atoms with Gasteiger partial charge in [-0.15, -0.1) is 0 Å². The summed E-state index contributed by atoms with van der Waals surface area (Å²) < 4.78 is 7.54. The summed E-state index contributed by atoms with van der Waals surface area (Å²) in [5, 5.41) is 0. The van der Waals surface area contributed by atoms with Crippen LogP contribution in [0.5, 0.6) is 0 Å². The second-order valence-electron chi connectivity index (χ2n) is 3.52. The molecule has 0 spiro atoms. The Hall–Kier alpha value is -2.03. The van der Waals surface area contributed by atoms with Gasteiger partial charge in [-0.05, 0) is 31.2 Å². The lowest BCUT2D eigenvalue weighted by Gasteiger charge is -1.98. The maximum absolute atomic E-state index is 5.56. The Kier molecular flexibility index (Phi) is 1.65. The fourth-order valence-corrected chi connectivity index (χ4v) is 1.66. The van der Waals surface area contributed by atoms with Crippen LogP contribution in [-0.2, 0) is 0 Å². The van der Waals surface area contributed by atoms with Crippen molar-refractivity contribution in [1.29, 1.82) is 0 Å². The lowest BCUT2D eigenvalue weighted by atomic mass is 10.2. The van der Waals surface area contributed by atoms with Gasteiger partial charge in [0.15, 0.2) is 0 Å². The van der Waals surface area contributed by atoms with Crippen molar-refractivity contribution in [1.82, 2.24) is 9.38 Å². The highest BCUT2D eigenvalue weighted by molar-refractivity contribution is 5.59. The molecule has 3 aromatic heterocycles. The number of fused-ring (bicyclic) bond motifs is 1. The number of aromatic nitrogens is 2. The maximum Gasteiger partial charge on any atom is 0.136 e. The first-order valence-corrected chi connectivity index (χ1v) is 4.82. The number of hydrogen-bond acceptors (Lipinski definition) is 2. The predicted octanol–water partition coefficient (Wildman–Crippen LogP) is 2.90. The first kappa shape index (κ1) is 8.29. The van der Waals surface area contributed by atoms with E-state index in [-0.39, 0.29) is 0 Å². The molecule has 0 aromatic carbocycles. The molecule has 3 aromatic rings. The summed E-state index contributed by atoms with van der Waals surface area (Å²) in [7, 11) is 0. The van der Waals surface area contributed by atoms with Crippen molar-refractivity contribution < 1.29 is 4.42 Å². The minimum atomic E-state index is 0.892. The van der Waals surface area contributed by atoms with Gasteiger partial charge in [-0.3, -0.25) is 0 Å². The Labute approximate surface area is 87.0 Å². The highest BCUT2D eigenvalue weighted by Gasteiger charge is 2.03. The molecule has 3 rings (SSSR count). The molecule has 0 unspecified atom stereocenters. The van der Waals surface area contributed by atoms with Crippen molar-refractivity contribution in [2.24, 2.45) is 0 Å². The van der Waals surface area contributed by atoms with Gasteiger partial charge in [0.1, 0.15) is 17.2 Å². The Morgan fingerprint density at radius 1 is 1.20 bits per heavy atom. The van der Waals surface area contributed by atoms with E-state index in [0.29, 0.717) is 0 Å². The van der Waals surface area contributed by atoms with Crippen LogP contribution in [0.4, 0.5) is 0 Å². The molecule has 0 saturated heterocycles. The molecule has 3 heteroatoms. The van der Waals surface area contributed by atoms with Crippen LogP contribution in [0.15, 0.2) is 47.3 Å². The van der Waals surface area contributed by atoms with Gasteiger partial charge in [0, 0.05) is 24.2 Å². The topological polar surface area (TPSA) is 30.4 Å². The number of pyridine rings is 1. The Morgan fingerprint density at radius 2 is 2.13 bits per heavy atom. The SMILES string of the molecule is Cc1ccc(-c2ccc3nccn3c2)o1. The largest absolute Gasteiger partial charge is 0.461 e. The van der Waals surface area contributed by atoms with Gasteiger partial charge in [-0.2, -0.15) is 0 Å². The zero-order valence-electron chi connectivity index (χ0n) is 8.34. The minimum absolute atomic E-state index is 0.892. The predicted molar refractivity (Wildman–Crippen MR) is 57.6 cm³/mol. The molecule has 0 aliphatic heterocycles. The van der Waals surface area contributed by atoms with Crippen molar-refractivity contribution in [3.05, 3.63) is 48.6 Å². The number of rotatable bonds is 1. The van der Waals surface area contributed by atoms with Crippen molar-refractivity contribution in [3.63, 3.8) is 0 Å². The second-order valence-corrected chi connectivity index (χ2v) is 3.52. The molecular weight excluding hydrogens is 188 g/mol. The van der Waals surface area contributed by atoms with Crippen molar-refractivity contribution >= 4 is 5.65 Å². The lowest BCUT2D eigenvalue weighted by Crippen LogP contribution is -1.83. The maximum atomic E-state index is 5.56. The Bertz CT molecular complexity index is 607. The monoisotopic (exact) mass is 198 g/mol. The van der Waals surface area contributed by atoms with Crippen LogP contribution in [0.25, 0.3) is 17.0 Å². The lowest BCUT2D eigenvalue weighted by molar-refractivity contribution is 0.548. The molecule has 0 fully saturated rings. The fourth-order valence-electron chi connectivity index (χ4n) is 1.66. The number of furan rings is 1. The molecule has 3 nitrogen and oxygen atoms in total. The minimum Gasteiger partial charge on any atom is -0.461 e. The van der Waals surface area contributed by atoms with Crippen LogP contribution in [0.1, 0.15) is 5.76 Å². The van der Waals surface area contributed by atoms with Gasteiger partial charge < -0.3 is 8.82 Å². The number of imidazole rings is 1. The van der Waals surface area contributed by atoms with Gasteiger partial charge in [0.25, 0.3) is 0 Å². The van der Waals surface area contributed by atoms with E-state index in [2.05, 4.69) is 4.98 Å². The van der Waals surface area contributed by atoms with Crippen LogP contribution >= 0.6 is 0 Å². The summed E-state index contributed by atoms with van der Waals surface area (Å²) in [5.41, 5.74) is 2.01. The molecule has 0 aliphatic carbocycles. The average molecular weight is 198 g/mol. The van der Waals surface area contributed by atoms with Crippen LogP contribution < -0.4 is 0 Å². The summed E-state index contributed by atoms with van der Waals surface area (Å²) in [6.07, 6.45) is 5.72. The quantitative estimate of drug-likeness (QED) is 0.601. The van der Waals surface area contributed by atoms with Crippen LogP contribution in [0, 0.1) is 6.92 Å². The highest BCUT2D eigenvalue weighted by Crippen LogP contribution is 2.21. The van der Waals surface area contributed by atoms with Crippen LogP contribution in [-0.4, -0.2) is 9.38 Å². The molecule has 0 amide bonds. The molecule has 0 N–H and O–H groups in total. The van der Waals surface area contributed by atoms with Gasteiger partial charge >= 0.3 is 0 Å². The molecule has 0 atom stereocenters. The zero-order valence-corrected chi connectivity index (χ0v) is 8.34. The normalized spacial score (nSPS) is 11.0. The third-order valence-electron chi connectivity index (χ3n) is 2.41. The number of nitrogens with zero attached hydrogens (tertiary/aromatic N) is 2. The summed E-state index contributed by atoms with van der Waals surface area (Å²) in [6.45, 7) is 1.94. The smallest absolute Gasteiger partial charge is 0.136 e. The summed E-state index contributed by atoms with van der Waals surface area (Å²) in [4.78, 5) is 4.19. The molecule has 0 saturated carbocycles. The van der Waals surface area contributed by atoms with E-state index in [1.165, 1.54) is 0 Å². The molecule has 3 heterocycles. The van der Waals surface area contributed by atoms with Crippen LogP contribution in [0.3, 0.4) is 0 Å². The van der Waals surface area contributed by atoms with E-state index >= 15 is 0 Å². The van der Waals surface area contributed by atoms with Gasteiger partial charge in [0.2, 0.25) is 0 Å². The van der Waals surface area contributed by atoms with Crippen molar-refractivity contribution in [2.45, 2.75) is 6.92 Å². The Morgan fingerprint density at radius 3 is 2.93 bits per heavy atom. The Balaban J connectivity index is 2.18. The van der Waals surface area contributed by atoms with E-state index in [9.17, 15) is 0 Å². The third-order valence-corrected chi connectivity index (χ3v) is 2.41. The summed E-state index contributed by atoms with van der Waals surface area (Å²) in [5.74, 6) is 1.82. The van der Waals surface area contributed by atoms with E-state index in [1.54, 1.807) is 6.20 Å². The molecule has 74 valence electrons. The van der Waals surface area contributed by atoms with E-state index in [4.69, 9.17) is 4.42 Å². The third kappa shape index (κ3) is 1.32. The van der Waals surface area contributed by atoms with E-state index in [1.807, 2.05) is 48.0 Å². The highest BCUT2D eigenvalue weighted by atomic mass is 16.3. The van der Waals surface area contributed by atoms with Crippen molar-refractivity contribution in [3.8, 4) is 11.3 Å². The van der Waals surface area contributed by atoms with E-state index < -0.39 is 0 Å². The summed E-state index contributed by atoms with van der Waals surface area (Å²) in [6, 6.07) is 7.94. The molecule has 0 bridgehead atoms. The zero-order chi connectivity index (χ0) is 10.3. The van der Waals surface area contributed by atoms with Gasteiger partial charge in [0.05, 0.1) is 0 Å². The average Bonchev–Trinajstić information content (AvgIpc) is 2.84. The van der Waals surface area contributed by atoms with Crippen molar-refractivity contribution in [2.75, 3.05) is 0 Å². The number of aryl methyl sites for hydroxylation is 1. The molecule has 0 radical (unpaired) electrons. The molecular formula is C12H10N2O. The standard InChI is InChI=1S/C12H10N2O/c1-9-2-4-11(15-9)10-3-5-12-13-6-7-14(12)8-10/h2-8H,1H3. The molecule has 15 heavy (non-hydrogen) atoms. The number of hydrogen-bond donors (Lipinski definition) is 0. The summed E-state index contributed by atoms with van der Waals surface area (Å²) >= 11 is 0. The first-order valence-electron chi connectivity index (χ1n) is 4.82. The fraction of sp³-hybridized carbons (Fsp3) is 0.0833. The second kappa shape index (κ2) is 2.98. The molecule has 0 aliphatic rings. The van der Waals surface area contributed by atoms with E-state index in [0.717, 1.165) is 22.7 Å². The first-order chi connectivity index (χ1) is 7.33. The van der Waals surface area contributed by atoms with Gasteiger partial charge in [-0.25, -0.2) is 4.98 Å².